The number of ether oxygens (including phenoxy) is 1. The van der Waals surface area contributed by atoms with Gasteiger partial charge in [0.1, 0.15) is 5.75 Å². The highest BCUT2D eigenvalue weighted by Gasteiger charge is 2.23. The number of carbonyl (C=O) groups is 2. The first-order valence-corrected chi connectivity index (χ1v) is 10.2. The van der Waals surface area contributed by atoms with Crippen LogP contribution >= 0.6 is 0 Å². The predicted molar refractivity (Wildman–Crippen MR) is 115 cm³/mol. The summed E-state index contributed by atoms with van der Waals surface area (Å²) in [6.07, 6.45) is 1.24. The zero-order valence-electron chi connectivity index (χ0n) is 17.6. The van der Waals surface area contributed by atoms with Gasteiger partial charge in [0, 0.05) is 38.2 Å². The number of hydrogen-bond acceptors (Lipinski definition) is 4. The fourth-order valence-corrected chi connectivity index (χ4v) is 3.77. The Labute approximate surface area is 173 Å². The van der Waals surface area contributed by atoms with Gasteiger partial charge in [-0.2, -0.15) is 0 Å². The topological polar surface area (TPSA) is 49.9 Å². The van der Waals surface area contributed by atoms with Crippen LogP contribution in [-0.2, 0) is 11.2 Å². The molecular formula is C24H30N2O3. The number of nitrogens with zero attached hydrogens (tertiary/aromatic N) is 2. The number of benzene rings is 2. The number of piperazine rings is 1. The highest BCUT2D eigenvalue weighted by Crippen LogP contribution is 2.15. The number of rotatable bonds is 7. The molecule has 1 heterocycles. The molecule has 5 nitrogen and oxygen atoms in total. The number of ketones is 1. The van der Waals surface area contributed by atoms with Crippen molar-refractivity contribution in [2.45, 2.75) is 26.7 Å². The van der Waals surface area contributed by atoms with E-state index in [1.54, 1.807) is 7.11 Å². The van der Waals surface area contributed by atoms with E-state index in [0.717, 1.165) is 42.0 Å². The van der Waals surface area contributed by atoms with Crippen LogP contribution in [0.15, 0.2) is 42.5 Å². The smallest absolute Gasteiger partial charge is 0.222 e. The summed E-state index contributed by atoms with van der Waals surface area (Å²) in [4.78, 5) is 29.2. The Morgan fingerprint density at radius 1 is 0.966 bits per heavy atom. The van der Waals surface area contributed by atoms with Crippen molar-refractivity contribution in [2.24, 2.45) is 0 Å². The lowest BCUT2D eigenvalue weighted by molar-refractivity contribution is -0.132. The van der Waals surface area contributed by atoms with Crippen molar-refractivity contribution < 1.29 is 14.3 Å². The number of Topliss-reactive ketones (excluding diaryl/α,β-unsaturated/α-hetero) is 1. The molecule has 5 heteroatoms. The van der Waals surface area contributed by atoms with Crippen LogP contribution in [0.4, 0.5) is 0 Å². The van der Waals surface area contributed by atoms with E-state index in [2.05, 4.69) is 4.90 Å². The van der Waals surface area contributed by atoms with Gasteiger partial charge < -0.3 is 9.64 Å². The van der Waals surface area contributed by atoms with Gasteiger partial charge in [0.05, 0.1) is 13.7 Å². The largest absolute Gasteiger partial charge is 0.497 e. The van der Waals surface area contributed by atoms with Crippen molar-refractivity contribution >= 4 is 11.7 Å². The van der Waals surface area contributed by atoms with Gasteiger partial charge in [0.25, 0.3) is 0 Å². The third-order valence-corrected chi connectivity index (χ3v) is 5.56. The standard InChI is InChI=1S/C24H30N2O3/c1-18-4-10-22(19(2)16-18)23(27)17-25-12-14-26(15-13-25)24(28)11-7-20-5-8-21(29-3)9-6-20/h4-6,8-10,16H,7,11-15,17H2,1-3H3. The van der Waals surface area contributed by atoms with E-state index >= 15 is 0 Å². The van der Waals surface area contributed by atoms with E-state index in [4.69, 9.17) is 4.74 Å². The van der Waals surface area contributed by atoms with Crippen molar-refractivity contribution in [1.29, 1.82) is 0 Å². The van der Waals surface area contributed by atoms with Gasteiger partial charge in [-0.3, -0.25) is 14.5 Å². The molecule has 0 aromatic heterocycles. The molecule has 0 atom stereocenters. The van der Waals surface area contributed by atoms with Gasteiger partial charge in [-0.25, -0.2) is 0 Å². The Balaban J connectivity index is 1.44. The van der Waals surface area contributed by atoms with Gasteiger partial charge in [0.2, 0.25) is 5.91 Å². The zero-order valence-corrected chi connectivity index (χ0v) is 17.6. The van der Waals surface area contributed by atoms with E-state index < -0.39 is 0 Å². The molecule has 0 spiro atoms. The molecule has 0 saturated carbocycles. The Morgan fingerprint density at radius 3 is 2.28 bits per heavy atom. The average Bonchev–Trinajstić information content (AvgIpc) is 2.72. The molecule has 0 N–H and O–H groups in total. The number of aryl methyl sites for hydroxylation is 3. The SMILES string of the molecule is COc1ccc(CCC(=O)N2CCN(CC(=O)c3ccc(C)cc3C)CC2)cc1. The Hall–Kier alpha value is -2.66. The van der Waals surface area contributed by atoms with Crippen molar-refractivity contribution in [2.75, 3.05) is 39.8 Å². The van der Waals surface area contributed by atoms with E-state index in [1.165, 1.54) is 5.56 Å². The van der Waals surface area contributed by atoms with Crippen LogP contribution in [0.5, 0.6) is 5.75 Å². The first kappa shape index (κ1) is 21.1. The molecular weight excluding hydrogens is 364 g/mol. The predicted octanol–water partition coefficient (Wildman–Crippen LogP) is 3.27. The normalized spacial score (nSPS) is 14.7. The Kier molecular flexibility index (Phi) is 7.04. The van der Waals surface area contributed by atoms with Crippen LogP contribution in [0.1, 0.15) is 33.5 Å². The van der Waals surface area contributed by atoms with Crippen molar-refractivity contribution in [3.05, 3.63) is 64.7 Å². The second-order valence-electron chi connectivity index (χ2n) is 7.75. The van der Waals surface area contributed by atoms with Gasteiger partial charge in [-0.05, 0) is 43.5 Å². The number of carbonyl (C=O) groups excluding carboxylic acids is 2. The molecule has 0 unspecified atom stereocenters. The molecule has 1 amide bonds. The van der Waals surface area contributed by atoms with Gasteiger partial charge in [0.15, 0.2) is 5.78 Å². The monoisotopic (exact) mass is 394 g/mol. The molecule has 1 aliphatic heterocycles. The summed E-state index contributed by atoms with van der Waals surface area (Å²) >= 11 is 0. The first-order chi connectivity index (χ1) is 14.0. The van der Waals surface area contributed by atoms with Crippen LogP contribution in [0.25, 0.3) is 0 Å². The summed E-state index contributed by atoms with van der Waals surface area (Å²) in [5, 5.41) is 0. The molecule has 1 aliphatic rings. The Morgan fingerprint density at radius 2 is 1.66 bits per heavy atom. The maximum absolute atomic E-state index is 12.6. The summed E-state index contributed by atoms with van der Waals surface area (Å²) in [6.45, 7) is 7.28. The lowest BCUT2D eigenvalue weighted by atomic mass is 10.0. The van der Waals surface area contributed by atoms with Crippen LogP contribution in [0, 0.1) is 13.8 Å². The second kappa shape index (κ2) is 9.70. The lowest BCUT2D eigenvalue weighted by Crippen LogP contribution is -2.50. The maximum Gasteiger partial charge on any atom is 0.222 e. The number of amides is 1. The van der Waals surface area contributed by atoms with Crippen LogP contribution < -0.4 is 4.74 Å². The third kappa shape index (κ3) is 5.67. The summed E-state index contributed by atoms with van der Waals surface area (Å²) in [6, 6.07) is 13.8. The minimum Gasteiger partial charge on any atom is -0.497 e. The molecule has 1 fully saturated rings. The fourth-order valence-electron chi connectivity index (χ4n) is 3.77. The Bertz CT molecular complexity index is 853. The second-order valence-corrected chi connectivity index (χ2v) is 7.75. The molecule has 2 aromatic carbocycles. The first-order valence-electron chi connectivity index (χ1n) is 10.2. The zero-order chi connectivity index (χ0) is 20.8. The highest BCUT2D eigenvalue weighted by molar-refractivity contribution is 5.99. The molecule has 0 aliphatic carbocycles. The highest BCUT2D eigenvalue weighted by atomic mass is 16.5. The van der Waals surface area contributed by atoms with Gasteiger partial charge in [-0.15, -0.1) is 0 Å². The summed E-state index contributed by atoms with van der Waals surface area (Å²) in [5.41, 5.74) is 4.13. The molecule has 0 bridgehead atoms. The van der Waals surface area contributed by atoms with Crippen LogP contribution in [0.3, 0.4) is 0 Å². The summed E-state index contributed by atoms with van der Waals surface area (Å²) in [5.74, 6) is 1.16. The third-order valence-electron chi connectivity index (χ3n) is 5.56. The molecule has 3 rings (SSSR count). The summed E-state index contributed by atoms with van der Waals surface area (Å²) in [7, 11) is 1.65. The fraction of sp³-hybridized carbons (Fsp3) is 0.417. The maximum atomic E-state index is 12.6. The minimum absolute atomic E-state index is 0.154. The summed E-state index contributed by atoms with van der Waals surface area (Å²) < 4.78 is 5.16. The van der Waals surface area contributed by atoms with Gasteiger partial charge in [-0.1, -0.05) is 35.9 Å². The molecule has 154 valence electrons. The lowest BCUT2D eigenvalue weighted by Gasteiger charge is -2.34. The van der Waals surface area contributed by atoms with Crippen molar-refractivity contribution in [3.63, 3.8) is 0 Å². The van der Waals surface area contributed by atoms with Gasteiger partial charge >= 0.3 is 0 Å². The van der Waals surface area contributed by atoms with Crippen molar-refractivity contribution in [1.82, 2.24) is 9.80 Å². The number of methoxy groups -OCH3 is 1. The molecule has 1 saturated heterocycles. The molecule has 0 radical (unpaired) electrons. The van der Waals surface area contributed by atoms with Crippen LogP contribution in [0.2, 0.25) is 0 Å². The van der Waals surface area contributed by atoms with E-state index in [9.17, 15) is 9.59 Å². The van der Waals surface area contributed by atoms with Crippen molar-refractivity contribution in [3.8, 4) is 5.75 Å². The van der Waals surface area contributed by atoms with E-state index in [-0.39, 0.29) is 11.7 Å². The number of hydrogen-bond donors (Lipinski definition) is 0. The average molecular weight is 395 g/mol. The van der Waals surface area contributed by atoms with E-state index in [0.29, 0.717) is 26.1 Å². The minimum atomic E-state index is 0.154. The molecule has 29 heavy (non-hydrogen) atoms. The quantitative estimate of drug-likeness (QED) is 0.677. The van der Waals surface area contributed by atoms with Crippen LogP contribution in [-0.4, -0.2) is 61.3 Å². The van der Waals surface area contributed by atoms with E-state index in [1.807, 2.05) is 61.2 Å². The molecule has 2 aromatic rings.